The molecule has 1 aromatic heterocycles. The van der Waals surface area contributed by atoms with Gasteiger partial charge >= 0.3 is 0 Å². The number of hydrogen-bond donors (Lipinski definition) is 1. The van der Waals surface area contributed by atoms with E-state index < -0.39 is 0 Å². The van der Waals surface area contributed by atoms with Crippen LogP contribution in [0.25, 0.3) is 11.3 Å². The third kappa shape index (κ3) is 2.41. The molecule has 0 atom stereocenters. The van der Waals surface area contributed by atoms with Gasteiger partial charge < -0.3 is 4.90 Å². The minimum absolute atomic E-state index is 0.932. The van der Waals surface area contributed by atoms with E-state index in [1.54, 1.807) is 0 Å². The Morgan fingerprint density at radius 3 is 2.95 bits per heavy atom. The molecular weight excluding hydrogens is 322 g/mol. The Hall–Kier alpha value is -0.940. The highest BCUT2D eigenvalue weighted by molar-refractivity contribution is 9.10. The van der Waals surface area contributed by atoms with Crippen LogP contribution in [0, 0.1) is 0 Å². The third-order valence-corrected chi connectivity index (χ3v) is 5.26. The normalized spacial score (nSPS) is 14.3. The number of hydrogen-bond acceptors (Lipinski definition) is 3. The Morgan fingerprint density at radius 1 is 1.37 bits per heavy atom. The summed E-state index contributed by atoms with van der Waals surface area (Å²) in [4.78, 5) is 3.43. The van der Waals surface area contributed by atoms with Crippen molar-refractivity contribution in [2.45, 2.75) is 17.7 Å². The zero-order chi connectivity index (χ0) is 13.4. The highest BCUT2D eigenvalue weighted by Gasteiger charge is 2.16. The summed E-state index contributed by atoms with van der Waals surface area (Å²) in [5.74, 6) is 2.17. The van der Waals surface area contributed by atoms with Gasteiger partial charge in [0.25, 0.3) is 0 Å². The third-order valence-electron chi connectivity index (χ3n) is 3.31. The van der Waals surface area contributed by atoms with Crippen molar-refractivity contribution in [1.82, 2.24) is 10.2 Å². The van der Waals surface area contributed by atoms with Crippen LogP contribution < -0.4 is 4.90 Å². The maximum absolute atomic E-state index is 4.35. The molecule has 1 aliphatic heterocycles. The van der Waals surface area contributed by atoms with Gasteiger partial charge in [-0.2, -0.15) is 5.10 Å². The zero-order valence-electron chi connectivity index (χ0n) is 11.0. The molecule has 0 radical (unpaired) electrons. The van der Waals surface area contributed by atoms with Crippen LogP contribution in [0.1, 0.15) is 12.0 Å². The van der Waals surface area contributed by atoms with Crippen molar-refractivity contribution < 1.29 is 0 Å². The highest BCUT2D eigenvalue weighted by atomic mass is 79.9. The van der Waals surface area contributed by atoms with Crippen LogP contribution in [0.5, 0.6) is 0 Å². The average molecular weight is 338 g/mol. The van der Waals surface area contributed by atoms with E-state index in [9.17, 15) is 0 Å². The lowest BCUT2D eigenvalue weighted by molar-refractivity contribution is 0.890. The number of aromatic nitrogens is 2. The van der Waals surface area contributed by atoms with Crippen molar-refractivity contribution >= 4 is 33.5 Å². The van der Waals surface area contributed by atoms with Crippen molar-refractivity contribution in [3.8, 4) is 11.3 Å². The van der Waals surface area contributed by atoms with Crippen LogP contribution in [0.4, 0.5) is 5.82 Å². The van der Waals surface area contributed by atoms with E-state index >= 15 is 0 Å². The number of aryl methyl sites for hydroxylation is 1. The second-order valence-electron chi connectivity index (χ2n) is 4.91. The van der Waals surface area contributed by atoms with E-state index in [0.29, 0.717) is 0 Å². The van der Waals surface area contributed by atoms with Gasteiger partial charge in [0.15, 0.2) is 5.82 Å². The van der Waals surface area contributed by atoms with Gasteiger partial charge in [0.1, 0.15) is 0 Å². The number of thioether (sulfide) groups is 1. The molecule has 2 heterocycles. The Labute approximate surface area is 125 Å². The summed E-state index contributed by atoms with van der Waals surface area (Å²) in [6.07, 6.45) is 2.46. The summed E-state index contributed by atoms with van der Waals surface area (Å²) in [7, 11) is 3.99. The first-order valence-corrected chi connectivity index (χ1v) is 8.12. The summed E-state index contributed by atoms with van der Waals surface area (Å²) >= 11 is 5.61. The van der Waals surface area contributed by atoms with Crippen molar-refractivity contribution in [1.29, 1.82) is 0 Å². The van der Waals surface area contributed by atoms with Gasteiger partial charge in [0.05, 0.1) is 10.2 Å². The molecule has 100 valence electrons. The quantitative estimate of drug-likeness (QED) is 0.900. The van der Waals surface area contributed by atoms with Crippen LogP contribution in [0.3, 0.4) is 0 Å². The molecule has 19 heavy (non-hydrogen) atoms. The minimum atomic E-state index is 0.932. The molecule has 0 bridgehead atoms. The highest BCUT2D eigenvalue weighted by Crippen LogP contribution is 2.37. The SMILES string of the molecule is CN(C)c1n[nH]c(-c2ccc3c(c2)CCCS3)c1Br. The van der Waals surface area contributed by atoms with Crippen molar-refractivity contribution in [3.63, 3.8) is 0 Å². The van der Waals surface area contributed by atoms with E-state index in [2.05, 4.69) is 44.3 Å². The van der Waals surface area contributed by atoms with E-state index in [1.165, 1.54) is 34.6 Å². The van der Waals surface area contributed by atoms with Crippen LogP contribution in [-0.4, -0.2) is 30.0 Å². The van der Waals surface area contributed by atoms with Gasteiger partial charge in [0, 0.05) is 24.6 Å². The number of rotatable bonds is 2. The summed E-state index contributed by atoms with van der Waals surface area (Å²) in [5.41, 5.74) is 3.72. The molecule has 3 rings (SSSR count). The molecule has 0 saturated heterocycles. The van der Waals surface area contributed by atoms with Crippen molar-refractivity contribution in [2.24, 2.45) is 0 Å². The van der Waals surface area contributed by atoms with Crippen LogP contribution in [0.2, 0.25) is 0 Å². The summed E-state index contributed by atoms with van der Waals surface area (Å²) in [6, 6.07) is 6.70. The molecule has 0 unspecified atom stereocenters. The molecular formula is C14H16BrN3S. The molecule has 0 amide bonds. The van der Waals surface area contributed by atoms with Crippen LogP contribution >= 0.6 is 27.7 Å². The number of H-pyrrole nitrogens is 1. The first-order valence-electron chi connectivity index (χ1n) is 6.34. The maximum atomic E-state index is 4.35. The number of halogens is 1. The monoisotopic (exact) mass is 337 g/mol. The van der Waals surface area contributed by atoms with Gasteiger partial charge in [-0.1, -0.05) is 6.07 Å². The number of fused-ring (bicyclic) bond motifs is 1. The Bertz CT molecular complexity index is 607. The second kappa shape index (κ2) is 5.21. The largest absolute Gasteiger partial charge is 0.360 e. The number of aromatic amines is 1. The predicted molar refractivity (Wildman–Crippen MR) is 85.1 cm³/mol. The molecule has 3 nitrogen and oxygen atoms in total. The van der Waals surface area contributed by atoms with Gasteiger partial charge in [-0.05, 0) is 52.2 Å². The molecule has 1 aromatic carbocycles. The van der Waals surface area contributed by atoms with Crippen molar-refractivity contribution in [3.05, 3.63) is 28.2 Å². The molecule has 0 spiro atoms. The molecule has 0 fully saturated rings. The van der Waals surface area contributed by atoms with Gasteiger partial charge in [0.2, 0.25) is 0 Å². The Morgan fingerprint density at radius 2 is 2.21 bits per heavy atom. The summed E-state index contributed by atoms with van der Waals surface area (Å²) in [5, 5.41) is 7.49. The smallest absolute Gasteiger partial charge is 0.164 e. The lowest BCUT2D eigenvalue weighted by atomic mass is 10.0. The molecule has 0 saturated carbocycles. The fraction of sp³-hybridized carbons (Fsp3) is 0.357. The molecule has 1 N–H and O–H groups in total. The van der Waals surface area contributed by atoms with E-state index in [-0.39, 0.29) is 0 Å². The Kier molecular flexibility index (Phi) is 3.58. The molecule has 0 aliphatic carbocycles. The van der Waals surface area contributed by atoms with Gasteiger partial charge in [-0.25, -0.2) is 0 Å². The second-order valence-corrected chi connectivity index (χ2v) is 6.83. The molecule has 1 aliphatic rings. The topological polar surface area (TPSA) is 31.9 Å². The first kappa shape index (κ1) is 13.1. The Balaban J connectivity index is 2.02. The predicted octanol–water partition coefficient (Wildman–Crippen LogP) is 3.94. The standard InChI is InChI=1S/C14H16BrN3S/c1-18(2)14-12(15)13(16-17-14)10-5-6-11-9(8-10)4-3-7-19-11/h5-6,8H,3-4,7H2,1-2H3,(H,16,17). The number of nitrogens with one attached hydrogen (secondary N) is 1. The van der Waals surface area contributed by atoms with E-state index in [4.69, 9.17) is 0 Å². The number of anilines is 1. The van der Waals surface area contributed by atoms with Gasteiger partial charge in [-0.3, -0.25) is 5.10 Å². The number of nitrogens with zero attached hydrogens (tertiary/aromatic N) is 2. The van der Waals surface area contributed by atoms with E-state index in [0.717, 1.165) is 16.0 Å². The molecule has 2 aromatic rings. The minimum Gasteiger partial charge on any atom is -0.360 e. The molecule has 5 heteroatoms. The fourth-order valence-electron chi connectivity index (χ4n) is 2.32. The zero-order valence-corrected chi connectivity index (χ0v) is 13.4. The lowest BCUT2D eigenvalue weighted by Crippen LogP contribution is -2.09. The maximum Gasteiger partial charge on any atom is 0.164 e. The van der Waals surface area contributed by atoms with Crippen LogP contribution in [0.15, 0.2) is 27.6 Å². The fourth-order valence-corrected chi connectivity index (χ4v) is 4.10. The van der Waals surface area contributed by atoms with Crippen molar-refractivity contribution in [2.75, 3.05) is 24.7 Å². The first-order chi connectivity index (χ1) is 9.16. The number of benzene rings is 1. The van der Waals surface area contributed by atoms with E-state index in [1.807, 2.05) is 30.8 Å². The summed E-state index contributed by atoms with van der Waals surface area (Å²) < 4.78 is 1.03. The van der Waals surface area contributed by atoms with Crippen LogP contribution in [-0.2, 0) is 6.42 Å². The lowest BCUT2D eigenvalue weighted by Gasteiger charge is -2.15. The average Bonchev–Trinajstić information content (AvgIpc) is 2.80. The van der Waals surface area contributed by atoms with Gasteiger partial charge in [-0.15, -0.1) is 11.8 Å². The summed E-state index contributed by atoms with van der Waals surface area (Å²) in [6.45, 7) is 0.